The van der Waals surface area contributed by atoms with Crippen LogP contribution in [0.4, 0.5) is 18.9 Å². The Morgan fingerprint density at radius 1 is 1.14 bits per heavy atom. The molecule has 3 atom stereocenters. The summed E-state index contributed by atoms with van der Waals surface area (Å²) in [7, 11) is 0. The fourth-order valence-electron chi connectivity index (χ4n) is 4.20. The summed E-state index contributed by atoms with van der Waals surface area (Å²) in [6, 6.07) is 5.55. The second-order valence-corrected chi connectivity index (χ2v) is 7.44. The second kappa shape index (κ2) is 7.00. The minimum absolute atomic E-state index is 0.0102. The monoisotopic (exact) mass is 392 g/mol. The molecule has 8 heteroatoms. The number of rotatable bonds is 4. The van der Waals surface area contributed by atoms with Crippen molar-refractivity contribution in [2.45, 2.75) is 38.0 Å². The number of hydrogen-bond donors (Lipinski definition) is 2. The first kappa shape index (κ1) is 18.6. The molecule has 2 fully saturated rings. The summed E-state index contributed by atoms with van der Waals surface area (Å²) in [5.74, 6) is 0.171. The summed E-state index contributed by atoms with van der Waals surface area (Å²) in [6.45, 7) is 0. The zero-order valence-electron chi connectivity index (χ0n) is 14.9. The third-order valence-corrected chi connectivity index (χ3v) is 5.54. The molecule has 0 radical (unpaired) electrons. The minimum Gasteiger partial charge on any atom is -0.489 e. The van der Waals surface area contributed by atoms with Gasteiger partial charge >= 0.3 is 6.18 Å². The highest BCUT2D eigenvalue weighted by Gasteiger charge is 2.41. The quantitative estimate of drug-likeness (QED) is 0.819. The average molecular weight is 392 g/mol. The zero-order valence-corrected chi connectivity index (χ0v) is 14.9. The van der Waals surface area contributed by atoms with Crippen LogP contribution in [0.25, 0.3) is 0 Å². The van der Waals surface area contributed by atoms with Gasteiger partial charge in [0.1, 0.15) is 11.9 Å². The molecular weight excluding hydrogens is 373 g/mol. The summed E-state index contributed by atoms with van der Waals surface area (Å²) in [6.07, 6.45) is 0.624. The van der Waals surface area contributed by atoms with E-state index in [4.69, 9.17) is 4.74 Å². The van der Waals surface area contributed by atoms with E-state index in [2.05, 4.69) is 10.3 Å². The van der Waals surface area contributed by atoms with Crippen LogP contribution in [0, 0.1) is 11.8 Å². The van der Waals surface area contributed by atoms with E-state index in [0.29, 0.717) is 11.8 Å². The number of aromatic amines is 1. The molecule has 1 heterocycles. The number of ether oxygens (including phenoxy) is 1. The van der Waals surface area contributed by atoms with E-state index in [-0.39, 0.29) is 23.1 Å². The van der Waals surface area contributed by atoms with E-state index < -0.39 is 23.2 Å². The number of fused-ring (bicyclic) bond motifs is 2. The van der Waals surface area contributed by atoms with Crippen molar-refractivity contribution in [1.29, 1.82) is 0 Å². The van der Waals surface area contributed by atoms with E-state index in [1.165, 1.54) is 18.3 Å². The average Bonchev–Trinajstić information content (AvgIpc) is 3.24. The second-order valence-electron chi connectivity index (χ2n) is 7.44. The first-order valence-electron chi connectivity index (χ1n) is 9.17. The summed E-state index contributed by atoms with van der Waals surface area (Å²) >= 11 is 0. The number of carbonyl (C=O) groups is 1. The SMILES string of the molecule is O=C(Nc1cc[nH]c(=O)c1)c1ccc(C(F)(F)F)cc1OC1C[C@H]2CCC1C2. The van der Waals surface area contributed by atoms with Gasteiger partial charge in [-0.1, -0.05) is 0 Å². The smallest absolute Gasteiger partial charge is 0.416 e. The van der Waals surface area contributed by atoms with Crippen LogP contribution < -0.4 is 15.6 Å². The molecule has 1 aromatic carbocycles. The predicted octanol–water partition coefficient (Wildman–Crippen LogP) is 4.21. The molecule has 0 spiro atoms. The van der Waals surface area contributed by atoms with Crippen LogP contribution >= 0.6 is 0 Å². The number of benzene rings is 1. The van der Waals surface area contributed by atoms with E-state index in [1.807, 2.05) is 0 Å². The van der Waals surface area contributed by atoms with Gasteiger partial charge < -0.3 is 15.0 Å². The van der Waals surface area contributed by atoms with Gasteiger partial charge in [0.05, 0.1) is 11.1 Å². The number of amides is 1. The number of anilines is 1. The summed E-state index contributed by atoms with van der Waals surface area (Å²) < 4.78 is 45.4. The van der Waals surface area contributed by atoms with Crippen molar-refractivity contribution in [3.63, 3.8) is 0 Å². The lowest BCUT2D eigenvalue weighted by atomic mass is 9.97. The molecule has 2 saturated carbocycles. The van der Waals surface area contributed by atoms with Gasteiger partial charge in [-0.25, -0.2) is 0 Å². The fraction of sp³-hybridized carbons (Fsp3) is 0.400. The number of carbonyl (C=O) groups excluding carboxylic acids is 1. The zero-order chi connectivity index (χ0) is 19.9. The molecule has 2 aliphatic rings. The Morgan fingerprint density at radius 3 is 2.61 bits per heavy atom. The highest BCUT2D eigenvalue weighted by Crippen LogP contribution is 2.46. The van der Waals surface area contributed by atoms with Gasteiger partial charge in [-0.15, -0.1) is 0 Å². The van der Waals surface area contributed by atoms with Crippen LogP contribution in [0.5, 0.6) is 5.75 Å². The summed E-state index contributed by atoms with van der Waals surface area (Å²) in [5.41, 5.74) is -1.00. The van der Waals surface area contributed by atoms with Crippen molar-refractivity contribution in [3.05, 3.63) is 58.0 Å². The molecule has 5 nitrogen and oxygen atoms in total. The van der Waals surface area contributed by atoms with Gasteiger partial charge in [0.15, 0.2) is 0 Å². The Hall–Kier alpha value is -2.77. The third kappa shape index (κ3) is 3.76. The normalized spacial score (nSPS) is 23.6. The molecule has 2 unspecified atom stereocenters. The maximum absolute atomic E-state index is 13.2. The van der Waals surface area contributed by atoms with E-state index in [0.717, 1.165) is 43.9 Å². The standard InChI is InChI=1S/C20H19F3N2O3/c21-20(22,23)13-3-4-15(19(27)25-14-5-6-24-18(26)10-14)17(9-13)28-16-8-11-1-2-12(16)7-11/h3-6,9-12,16H,1-2,7-8H2,(H2,24,25,26,27)/t11-,12?,16?/m0/s1. The number of halogens is 3. The van der Waals surface area contributed by atoms with Crippen LogP contribution in [0.15, 0.2) is 41.3 Å². The van der Waals surface area contributed by atoms with Crippen molar-refractivity contribution in [2.24, 2.45) is 11.8 Å². The Morgan fingerprint density at radius 2 is 1.96 bits per heavy atom. The van der Waals surface area contributed by atoms with Gasteiger partial charge in [0.25, 0.3) is 5.91 Å². The van der Waals surface area contributed by atoms with Gasteiger partial charge in [0.2, 0.25) is 5.56 Å². The predicted molar refractivity (Wildman–Crippen MR) is 96.3 cm³/mol. The highest BCUT2D eigenvalue weighted by atomic mass is 19.4. The summed E-state index contributed by atoms with van der Waals surface area (Å²) in [5, 5.41) is 2.54. The Bertz CT molecular complexity index is 954. The maximum Gasteiger partial charge on any atom is 0.416 e. The number of alkyl halides is 3. The number of H-pyrrole nitrogens is 1. The van der Waals surface area contributed by atoms with Crippen molar-refractivity contribution < 1.29 is 22.7 Å². The number of hydrogen-bond acceptors (Lipinski definition) is 3. The molecule has 148 valence electrons. The van der Waals surface area contributed by atoms with E-state index in [9.17, 15) is 22.8 Å². The molecule has 2 bridgehead atoms. The van der Waals surface area contributed by atoms with Crippen molar-refractivity contribution >= 4 is 11.6 Å². The minimum atomic E-state index is -4.53. The van der Waals surface area contributed by atoms with Crippen LogP contribution in [0.3, 0.4) is 0 Å². The summed E-state index contributed by atoms with van der Waals surface area (Å²) in [4.78, 5) is 26.5. The lowest BCUT2D eigenvalue weighted by molar-refractivity contribution is -0.137. The van der Waals surface area contributed by atoms with Crippen LogP contribution in [0.2, 0.25) is 0 Å². The number of aromatic nitrogens is 1. The molecule has 4 rings (SSSR count). The van der Waals surface area contributed by atoms with Crippen LogP contribution in [-0.2, 0) is 6.18 Å². The molecule has 1 amide bonds. The topological polar surface area (TPSA) is 71.2 Å². The molecule has 28 heavy (non-hydrogen) atoms. The Labute approximate surface area is 158 Å². The molecule has 1 aromatic heterocycles. The molecule has 2 aliphatic carbocycles. The fourth-order valence-corrected chi connectivity index (χ4v) is 4.20. The maximum atomic E-state index is 13.2. The number of nitrogens with one attached hydrogen (secondary N) is 2. The van der Waals surface area contributed by atoms with Gasteiger partial charge in [-0.05, 0) is 61.8 Å². The van der Waals surface area contributed by atoms with Gasteiger partial charge in [-0.3, -0.25) is 9.59 Å². The Balaban J connectivity index is 1.63. The molecular formula is C20H19F3N2O3. The van der Waals surface area contributed by atoms with Crippen molar-refractivity contribution in [1.82, 2.24) is 4.98 Å². The lowest BCUT2D eigenvalue weighted by Crippen LogP contribution is -2.25. The van der Waals surface area contributed by atoms with E-state index in [1.54, 1.807) is 0 Å². The Kier molecular flexibility index (Phi) is 4.64. The van der Waals surface area contributed by atoms with E-state index >= 15 is 0 Å². The molecule has 2 aromatic rings. The first-order valence-corrected chi connectivity index (χ1v) is 9.17. The van der Waals surface area contributed by atoms with Crippen LogP contribution in [0.1, 0.15) is 41.6 Å². The van der Waals surface area contributed by atoms with Gasteiger partial charge in [0, 0.05) is 18.0 Å². The van der Waals surface area contributed by atoms with Crippen molar-refractivity contribution in [2.75, 3.05) is 5.32 Å². The first-order chi connectivity index (χ1) is 13.3. The molecule has 0 aliphatic heterocycles. The molecule has 0 saturated heterocycles. The largest absolute Gasteiger partial charge is 0.489 e. The van der Waals surface area contributed by atoms with Crippen molar-refractivity contribution in [3.8, 4) is 5.75 Å². The highest BCUT2D eigenvalue weighted by molar-refractivity contribution is 6.06. The van der Waals surface area contributed by atoms with Gasteiger partial charge in [-0.2, -0.15) is 13.2 Å². The third-order valence-electron chi connectivity index (χ3n) is 5.54. The lowest BCUT2D eigenvalue weighted by Gasteiger charge is -2.25. The number of pyridine rings is 1. The molecule has 2 N–H and O–H groups in total. The van der Waals surface area contributed by atoms with Crippen LogP contribution in [-0.4, -0.2) is 17.0 Å².